The number of methoxy groups -OCH3 is 2. The highest BCUT2D eigenvalue weighted by Gasteiger charge is 2.29. The molecule has 33 heavy (non-hydrogen) atoms. The molecule has 0 aromatic heterocycles. The van der Waals surface area contributed by atoms with Gasteiger partial charge >= 0.3 is 6.18 Å². The number of halogens is 3. The lowest BCUT2D eigenvalue weighted by Gasteiger charge is -2.17. The molecule has 1 N–H and O–H groups in total. The number of carbonyl (C=O) groups is 1. The van der Waals surface area contributed by atoms with Gasteiger partial charge in [0.05, 0.1) is 26.9 Å². The van der Waals surface area contributed by atoms with E-state index in [1.165, 1.54) is 13.2 Å². The molecular formula is C24H30F3NO5. The maximum absolute atomic E-state index is 12.4. The minimum atomic E-state index is -4.44. The zero-order valence-corrected chi connectivity index (χ0v) is 19.3. The van der Waals surface area contributed by atoms with Gasteiger partial charge in [-0.05, 0) is 55.2 Å². The van der Waals surface area contributed by atoms with Gasteiger partial charge in [-0.1, -0.05) is 19.1 Å². The molecule has 6 nitrogen and oxygen atoms in total. The van der Waals surface area contributed by atoms with Crippen molar-refractivity contribution in [2.75, 3.05) is 27.4 Å². The Morgan fingerprint density at radius 3 is 2.24 bits per heavy atom. The Balaban J connectivity index is 1.94. The van der Waals surface area contributed by atoms with Gasteiger partial charge in [-0.2, -0.15) is 13.2 Å². The van der Waals surface area contributed by atoms with Crippen LogP contribution in [0, 0.1) is 0 Å². The fraction of sp³-hybridized carbons (Fsp3) is 0.458. The molecule has 1 amide bonds. The predicted molar refractivity (Wildman–Crippen MR) is 118 cm³/mol. The lowest BCUT2D eigenvalue weighted by Crippen LogP contribution is -2.26. The van der Waals surface area contributed by atoms with E-state index in [0.717, 1.165) is 17.5 Å². The molecule has 0 heterocycles. The van der Waals surface area contributed by atoms with Crippen molar-refractivity contribution < 1.29 is 36.9 Å². The number of aryl methyl sites for hydroxylation is 1. The van der Waals surface area contributed by atoms with Crippen LogP contribution in [0.3, 0.4) is 0 Å². The lowest BCUT2D eigenvalue weighted by atomic mass is 10.1. The first-order valence-electron chi connectivity index (χ1n) is 10.6. The second-order valence-electron chi connectivity index (χ2n) is 7.44. The summed E-state index contributed by atoms with van der Waals surface area (Å²) < 4.78 is 58.1. The van der Waals surface area contributed by atoms with E-state index >= 15 is 0 Å². The third-order valence-corrected chi connectivity index (χ3v) is 4.79. The number of hydrogen-bond acceptors (Lipinski definition) is 5. The Bertz CT molecular complexity index is 917. The van der Waals surface area contributed by atoms with Gasteiger partial charge in [0.2, 0.25) is 5.91 Å². The van der Waals surface area contributed by atoms with E-state index in [1.54, 1.807) is 19.2 Å². The molecule has 0 aliphatic carbocycles. The Kier molecular flexibility index (Phi) is 9.69. The zero-order chi connectivity index (χ0) is 24.4. The molecule has 2 aromatic rings. The summed E-state index contributed by atoms with van der Waals surface area (Å²) >= 11 is 0. The molecule has 9 heteroatoms. The van der Waals surface area contributed by atoms with E-state index in [0.29, 0.717) is 24.5 Å². The van der Waals surface area contributed by atoms with E-state index in [-0.39, 0.29) is 29.9 Å². The van der Waals surface area contributed by atoms with Crippen molar-refractivity contribution in [1.82, 2.24) is 5.32 Å². The minimum Gasteiger partial charge on any atom is -0.493 e. The lowest BCUT2D eigenvalue weighted by molar-refractivity contribution is -0.153. The van der Waals surface area contributed by atoms with Crippen molar-refractivity contribution in [2.45, 2.75) is 45.3 Å². The second-order valence-corrected chi connectivity index (χ2v) is 7.44. The van der Waals surface area contributed by atoms with Crippen molar-refractivity contribution in [1.29, 1.82) is 0 Å². The normalized spacial score (nSPS) is 12.1. The first kappa shape index (κ1) is 26.2. The summed E-state index contributed by atoms with van der Waals surface area (Å²) in [5, 5.41) is 2.94. The van der Waals surface area contributed by atoms with Gasteiger partial charge in [0.15, 0.2) is 29.6 Å². The van der Waals surface area contributed by atoms with Crippen LogP contribution in [0.2, 0.25) is 0 Å². The molecule has 1 atom stereocenters. The van der Waals surface area contributed by atoms with Crippen LogP contribution in [-0.2, 0) is 11.2 Å². The molecule has 0 spiro atoms. The number of rotatable bonds is 12. The number of alkyl halides is 3. The maximum Gasteiger partial charge on any atom is 0.422 e. The highest BCUT2D eigenvalue weighted by Crippen LogP contribution is 2.31. The quantitative estimate of drug-likeness (QED) is 0.460. The highest BCUT2D eigenvalue weighted by molar-refractivity contribution is 5.76. The number of carbonyl (C=O) groups excluding carboxylic acids is 1. The van der Waals surface area contributed by atoms with Gasteiger partial charge in [-0.25, -0.2) is 0 Å². The topological polar surface area (TPSA) is 66.0 Å². The van der Waals surface area contributed by atoms with Gasteiger partial charge in [0.1, 0.15) is 0 Å². The molecule has 0 aliphatic rings. The number of hydrogen-bond donors (Lipinski definition) is 1. The molecule has 2 aromatic carbocycles. The SMILES string of the molecule is CCCOc1ccc(C(C)NC(=O)CCc2ccc(OCC(F)(F)F)c(OC)c2)cc1OC. The Hall–Kier alpha value is -3.10. The summed E-state index contributed by atoms with van der Waals surface area (Å²) in [4.78, 5) is 12.4. The monoisotopic (exact) mass is 469 g/mol. The molecule has 0 saturated heterocycles. The van der Waals surface area contributed by atoms with E-state index < -0.39 is 12.8 Å². The van der Waals surface area contributed by atoms with Crippen molar-refractivity contribution in [3.63, 3.8) is 0 Å². The van der Waals surface area contributed by atoms with Crippen molar-refractivity contribution in [2.24, 2.45) is 0 Å². The fourth-order valence-corrected chi connectivity index (χ4v) is 3.09. The third-order valence-electron chi connectivity index (χ3n) is 4.79. The van der Waals surface area contributed by atoms with E-state index in [9.17, 15) is 18.0 Å². The number of benzene rings is 2. The molecule has 0 bridgehead atoms. The highest BCUT2D eigenvalue weighted by atomic mass is 19.4. The minimum absolute atomic E-state index is 0.00282. The molecule has 0 fully saturated rings. The first-order valence-corrected chi connectivity index (χ1v) is 10.6. The van der Waals surface area contributed by atoms with Crippen LogP contribution >= 0.6 is 0 Å². The van der Waals surface area contributed by atoms with E-state index in [1.807, 2.05) is 32.0 Å². The van der Waals surface area contributed by atoms with Crippen LogP contribution in [0.5, 0.6) is 23.0 Å². The van der Waals surface area contributed by atoms with Crippen LogP contribution in [0.4, 0.5) is 13.2 Å². The van der Waals surface area contributed by atoms with Crippen LogP contribution in [-0.4, -0.2) is 39.5 Å². The van der Waals surface area contributed by atoms with Crippen molar-refractivity contribution in [3.8, 4) is 23.0 Å². The summed E-state index contributed by atoms with van der Waals surface area (Å²) in [5.74, 6) is 1.27. The Labute approximate surface area is 192 Å². The summed E-state index contributed by atoms with van der Waals surface area (Å²) in [6.45, 7) is 3.07. The Morgan fingerprint density at radius 1 is 0.970 bits per heavy atom. The summed E-state index contributed by atoms with van der Waals surface area (Å²) in [6.07, 6.45) is -2.97. The number of nitrogens with one attached hydrogen (secondary N) is 1. The van der Waals surface area contributed by atoms with Gasteiger partial charge in [-0.15, -0.1) is 0 Å². The van der Waals surface area contributed by atoms with Gasteiger partial charge in [0, 0.05) is 6.42 Å². The van der Waals surface area contributed by atoms with E-state index in [2.05, 4.69) is 5.32 Å². The maximum atomic E-state index is 12.4. The predicted octanol–water partition coefficient (Wildman–Crippen LogP) is 5.24. The van der Waals surface area contributed by atoms with Crippen LogP contribution in [0.15, 0.2) is 36.4 Å². The number of ether oxygens (including phenoxy) is 4. The second kappa shape index (κ2) is 12.2. The molecule has 2 rings (SSSR count). The first-order chi connectivity index (χ1) is 15.7. The third kappa shape index (κ3) is 8.40. The zero-order valence-electron chi connectivity index (χ0n) is 19.3. The fourth-order valence-electron chi connectivity index (χ4n) is 3.09. The van der Waals surface area contributed by atoms with Crippen LogP contribution < -0.4 is 24.3 Å². The smallest absolute Gasteiger partial charge is 0.422 e. The van der Waals surface area contributed by atoms with Gasteiger partial charge in [0.25, 0.3) is 0 Å². The molecule has 0 radical (unpaired) electrons. The van der Waals surface area contributed by atoms with Gasteiger partial charge in [-0.3, -0.25) is 4.79 Å². The molecule has 0 aliphatic heterocycles. The van der Waals surface area contributed by atoms with E-state index in [4.69, 9.17) is 18.9 Å². The molecule has 0 saturated carbocycles. The summed E-state index contributed by atoms with van der Waals surface area (Å²) in [6, 6.07) is 9.88. The van der Waals surface area contributed by atoms with Crippen molar-refractivity contribution >= 4 is 5.91 Å². The van der Waals surface area contributed by atoms with Crippen LogP contribution in [0.25, 0.3) is 0 Å². The molecule has 1 unspecified atom stereocenters. The average Bonchev–Trinajstić information content (AvgIpc) is 2.79. The summed E-state index contributed by atoms with van der Waals surface area (Å²) in [5.41, 5.74) is 1.62. The molecular weight excluding hydrogens is 439 g/mol. The number of amides is 1. The molecule has 182 valence electrons. The average molecular weight is 470 g/mol. The Morgan fingerprint density at radius 2 is 1.61 bits per heavy atom. The van der Waals surface area contributed by atoms with Gasteiger partial charge < -0.3 is 24.3 Å². The summed E-state index contributed by atoms with van der Waals surface area (Å²) in [7, 11) is 2.91. The van der Waals surface area contributed by atoms with Crippen LogP contribution in [0.1, 0.15) is 43.9 Å². The standard InChI is InChI=1S/C24H30F3NO5/c1-5-12-32-19-10-8-18(14-22(19)31-4)16(2)28-23(29)11-7-17-6-9-20(21(13-17)30-3)33-15-24(25,26)27/h6,8-10,13-14,16H,5,7,11-12,15H2,1-4H3,(H,28,29). The largest absolute Gasteiger partial charge is 0.493 e. The van der Waals surface area contributed by atoms with Crippen molar-refractivity contribution in [3.05, 3.63) is 47.5 Å².